The Balaban J connectivity index is 3.02. The van der Waals surface area contributed by atoms with E-state index in [2.05, 4.69) is 25.5 Å². The average molecular weight is 380 g/mol. The first kappa shape index (κ1) is 26.7. The first-order valence-corrected chi connectivity index (χ1v) is 12.6. The van der Waals surface area contributed by atoms with E-state index in [1.165, 1.54) is 135 Å². The molecule has 0 N–H and O–H groups in total. The number of nitrogens with zero attached hydrogens (tertiary/aromatic N) is 1. The highest BCUT2D eigenvalue weighted by atomic mass is 15.1. The second-order valence-electron chi connectivity index (χ2n) is 8.77. The largest absolute Gasteiger partial charge is 0.303 e. The van der Waals surface area contributed by atoms with Gasteiger partial charge in [-0.2, -0.15) is 0 Å². The van der Waals surface area contributed by atoms with Crippen LogP contribution in [0.15, 0.2) is 12.7 Å². The summed E-state index contributed by atoms with van der Waals surface area (Å²) in [6.07, 6.45) is 31.1. The van der Waals surface area contributed by atoms with E-state index >= 15 is 0 Å². The number of hydrogen-bond donors (Lipinski definition) is 0. The highest BCUT2D eigenvalue weighted by molar-refractivity contribution is 4.70. The molecule has 0 atom stereocenters. The molecule has 0 aromatic rings. The summed E-state index contributed by atoms with van der Waals surface area (Å²) in [6.45, 7) is 8.35. The first-order valence-electron chi connectivity index (χ1n) is 12.6. The molecule has 0 bridgehead atoms. The van der Waals surface area contributed by atoms with Crippen molar-refractivity contribution >= 4 is 0 Å². The van der Waals surface area contributed by atoms with Gasteiger partial charge in [0.25, 0.3) is 0 Å². The lowest BCUT2D eigenvalue weighted by molar-refractivity contribution is 0.356. The van der Waals surface area contributed by atoms with Gasteiger partial charge in [0.05, 0.1) is 0 Å². The Bertz CT molecular complexity index is 273. The van der Waals surface area contributed by atoms with Gasteiger partial charge in [-0.25, -0.2) is 0 Å². The SMILES string of the molecule is C=CCN(C)CCCCCCCCCCCCCCCCCCCCCC. The lowest BCUT2D eigenvalue weighted by atomic mass is 10.0. The van der Waals surface area contributed by atoms with Gasteiger partial charge in [0.1, 0.15) is 0 Å². The van der Waals surface area contributed by atoms with Crippen molar-refractivity contribution in [2.45, 2.75) is 135 Å². The van der Waals surface area contributed by atoms with Crippen molar-refractivity contribution in [1.82, 2.24) is 4.90 Å². The third-order valence-electron chi connectivity index (χ3n) is 5.83. The molecule has 0 aliphatic heterocycles. The molecule has 0 aliphatic carbocycles. The molecule has 0 radical (unpaired) electrons. The van der Waals surface area contributed by atoms with E-state index < -0.39 is 0 Å². The van der Waals surface area contributed by atoms with Crippen LogP contribution in [-0.4, -0.2) is 25.0 Å². The molecule has 0 aromatic carbocycles. The van der Waals surface area contributed by atoms with Gasteiger partial charge in [-0.05, 0) is 20.0 Å². The molecule has 1 heteroatoms. The van der Waals surface area contributed by atoms with Crippen LogP contribution in [-0.2, 0) is 0 Å². The van der Waals surface area contributed by atoms with Crippen LogP contribution in [0.4, 0.5) is 0 Å². The Morgan fingerprint density at radius 1 is 0.519 bits per heavy atom. The van der Waals surface area contributed by atoms with Crippen molar-refractivity contribution in [3.63, 3.8) is 0 Å². The van der Waals surface area contributed by atoms with Crippen LogP contribution in [0, 0.1) is 0 Å². The lowest BCUT2D eigenvalue weighted by Crippen LogP contribution is -2.19. The molecule has 0 fully saturated rings. The summed E-state index contributed by atoms with van der Waals surface area (Å²) in [6, 6.07) is 0. The van der Waals surface area contributed by atoms with Crippen LogP contribution in [0.5, 0.6) is 0 Å². The minimum atomic E-state index is 1.03. The summed E-state index contributed by atoms with van der Waals surface area (Å²) in [5.41, 5.74) is 0. The van der Waals surface area contributed by atoms with Crippen molar-refractivity contribution in [2.24, 2.45) is 0 Å². The highest BCUT2D eigenvalue weighted by Gasteiger charge is 1.97. The average Bonchev–Trinajstić information content (AvgIpc) is 2.66. The maximum Gasteiger partial charge on any atom is 0.0157 e. The smallest absolute Gasteiger partial charge is 0.0157 e. The maximum atomic E-state index is 3.79. The molecule has 0 spiro atoms. The van der Waals surface area contributed by atoms with E-state index in [1.54, 1.807) is 0 Å². The molecule has 27 heavy (non-hydrogen) atoms. The predicted molar refractivity (Wildman–Crippen MR) is 126 cm³/mol. The molecular weight excluding hydrogens is 326 g/mol. The van der Waals surface area contributed by atoms with Crippen LogP contribution < -0.4 is 0 Å². The molecule has 0 aromatic heterocycles. The minimum absolute atomic E-state index is 1.03. The topological polar surface area (TPSA) is 3.24 Å². The zero-order valence-electron chi connectivity index (χ0n) is 19.3. The standard InChI is InChI=1S/C26H53N/c1-4-6-7-8-9-10-11-12-13-14-15-16-17-18-19-20-21-22-23-24-26-27(3)25-5-2/h5H,2,4,6-26H2,1,3H3. The molecular formula is C26H53N. The fraction of sp³-hybridized carbons (Fsp3) is 0.923. The van der Waals surface area contributed by atoms with Crippen LogP contribution >= 0.6 is 0 Å². The Hall–Kier alpha value is -0.300. The zero-order chi connectivity index (χ0) is 19.8. The molecule has 0 unspecified atom stereocenters. The van der Waals surface area contributed by atoms with E-state index in [4.69, 9.17) is 0 Å². The fourth-order valence-corrected chi connectivity index (χ4v) is 3.95. The number of hydrogen-bond acceptors (Lipinski definition) is 1. The third kappa shape index (κ3) is 23.7. The van der Waals surface area contributed by atoms with Gasteiger partial charge in [0, 0.05) is 6.54 Å². The number of likely N-dealkylation sites (N-methyl/N-ethyl adjacent to an activating group) is 1. The molecule has 0 saturated heterocycles. The van der Waals surface area contributed by atoms with Crippen LogP contribution in [0.3, 0.4) is 0 Å². The van der Waals surface area contributed by atoms with Gasteiger partial charge in [-0.1, -0.05) is 135 Å². The van der Waals surface area contributed by atoms with Crippen molar-refractivity contribution in [3.8, 4) is 0 Å². The molecule has 0 heterocycles. The molecule has 162 valence electrons. The second kappa shape index (κ2) is 23.7. The van der Waals surface area contributed by atoms with Gasteiger partial charge in [-0.15, -0.1) is 6.58 Å². The molecule has 0 aliphatic rings. The Labute approximate surface area is 173 Å². The summed E-state index contributed by atoms with van der Waals surface area (Å²) in [5.74, 6) is 0. The van der Waals surface area contributed by atoms with Gasteiger partial charge < -0.3 is 4.90 Å². The Kier molecular flexibility index (Phi) is 23.5. The second-order valence-corrected chi connectivity index (χ2v) is 8.77. The molecule has 0 saturated carbocycles. The summed E-state index contributed by atoms with van der Waals surface area (Å²) in [7, 11) is 2.19. The van der Waals surface area contributed by atoms with Crippen LogP contribution in [0.2, 0.25) is 0 Å². The molecule has 0 amide bonds. The number of rotatable bonds is 23. The van der Waals surface area contributed by atoms with Gasteiger partial charge in [-0.3, -0.25) is 0 Å². The van der Waals surface area contributed by atoms with E-state index in [0.717, 1.165) is 6.54 Å². The van der Waals surface area contributed by atoms with Gasteiger partial charge >= 0.3 is 0 Å². The van der Waals surface area contributed by atoms with E-state index in [0.29, 0.717) is 0 Å². The summed E-state index contributed by atoms with van der Waals surface area (Å²) in [5, 5.41) is 0. The zero-order valence-corrected chi connectivity index (χ0v) is 19.3. The van der Waals surface area contributed by atoms with E-state index in [9.17, 15) is 0 Å². The monoisotopic (exact) mass is 379 g/mol. The third-order valence-corrected chi connectivity index (χ3v) is 5.83. The molecule has 0 rings (SSSR count). The maximum absolute atomic E-state index is 3.79. The Morgan fingerprint density at radius 2 is 0.815 bits per heavy atom. The summed E-state index contributed by atoms with van der Waals surface area (Å²) >= 11 is 0. The first-order chi connectivity index (χ1) is 13.3. The highest BCUT2D eigenvalue weighted by Crippen LogP contribution is 2.14. The lowest BCUT2D eigenvalue weighted by Gasteiger charge is -2.13. The predicted octanol–water partition coefficient (Wildman–Crippen LogP) is 8.93. The fourth-order valence-electron chi connectivity index (χ4n) is 3.95. The van der Waals surface area contributed by atoms with Crippen molar-refractivity contribution < 1.29 is 0 Å². The molecule has 1 nitrogen and oxygen atoms in total. The van der Waals surface area contributed by atoms with Gasteiger partial charge in [0.2, 0.25) is 0 Å². The number of unbranched alkanes of at least 4 members (excludes halogenated alkanes) is 19. The van der Waals surface area contributed by atoms with E-state index in [-0.39, 0.29) is 0 Å². The van der Waals surface area contributed by atoms with E-state index in [1.807, 2.05) is 6.08 Å². The summed E-state index contributed by atoms with van der Waals surface area (Å²) in [4.78, 5) is 2.36. The van der Waals surface area contributed by atoms with Crippen molar-refractivity contribution in [3.05, 3.63) is 12.7 Å². The summed E-state index contributed by atoms with van der Waals surface area (Å²) < 4.78 is 0. The Morgan fingerprint density at radius 3 is 1.11 bits per heavy atom. The van der Waals surface area contributed by atoms with Crippen molar-refractivity contribution in [2.75, 3.05) is 20.1 Å². The minimum Gasteiger partial charge on any atom is -0.303 e. The normalized spacial score (nSPS) is 11.4. The quantitative estimate of drug-likeness (QED) is 0.126. The van der Waals surface area contributed by atoms with Crippen molar-refractivity contribution in [1.29, 1.82) is 0 Å². The van der Waals surface area contributed by atoms with Crippen LogP contribution in [0.1, 0.15) is 135 Å². The van der Waals surface area contributed by atoms with Crippen LogP contribution in [0.25, 0.3) is 0 Å². The van der Waals surface area contributed by atoms with Gasteiger partial charge in [0.15, 0.2) is 0 Å².